The van der Waals surface area contributed by atoms with E-state index in [9.17, 15) is 0 Å². The van der Waals surface area contributed by atoms with Gasteiger partial charge in [0.1, 0.15) is 5.75 Å². The highest BCUT2D eigenvalue weighted by Gasteiger charge is 2.10. The van der Waals surface area contributed by atoms with Gasteiger partial charge in [-0.2, -0.15) is 0 Å². The van der Waals surface area contributed by atoms with E-state index in [1.807, 2.05) is 24.3 Å². The first kappa shape index (κ1) is 13.5. The minimum absolute atomic E-state index is 0.646. The Morgan fingerprint density at radius 3 is 2.55 bits per heavy atom. The Kier molecular flexibility index (Phi) is 3.68. The number of methoxy groups -OCH3 is 1. The highest BCUT2D eigenvalue weighted by molar-refractivity contribution is 9.10. The first-order valence-electron chi connectivity index (χ1n) is 6.22. The molecule has 100 valence electrons. The molecule has 1 nitrogen and oxygen atoms in total. The van der Waals surface area contributed by atoms with Crippen LogP contribution in [-0.2, 0) is 0 Å². The maximum atomic E-state index is 6.27. The minimum atomic E-state index is 0.646. The van der Waals surface area contributed by atoms with Gasteiger partial charge >= 0.3 is 0 Å². The molecule has 0 N–H and O–H groups in total. The minimum Gasteiger partial charge on any atom is -0.495 e. The van der Waals surface area contributed by atoms with Gasteiger partial charge in [0.15, 0.2) is 0 Å². The highest BCUT2D eigenvalue weighted by Crippen LogP contribution is 2.38. The van der Waals surface area contributed by atoms with Crippen LogP contribution in [0.5, 0.6) is 5.75 Å². The molecule has 3 heteroatoms. The molecule has 0 saturated carbocycles. The van der Waals surface area contributed by atoms with E-state index in [-0.39, 0.29) is 0 Å². The SMILES string of the molecule is COc1cc(-c2cccc3ccccc23)cc(Cl)c1Br. The number of fused-ring (bicyclic) bond motifs is 1. The van der Waals surface area contributed by atoms with Crippen LogP contribution >= 0.6 is 27.5 Å². The zero-order valence-electron chi connectivity index (χ0n) is 10.9. The van der Waals surface area contributed by atoms with Gasteiger partial charge in [0.25, 0.3) is 0 Å². The first-order valence-corrected chi connectivity index (χ1v) is 7.39. The molecule has 3 aromatic carbocycles. The maximum Gasteiger partial charge on any atom is 0.135 e. The monoisotopic (exact) mass is 346 g/mol. The van der Waals surface area contributed by atoms with Crippen LogP contribution in [0.15, 0.2) is 59.1 Å². The van der Waals surface area contributed by atoms with Crippen molar-refractivity contribution in [3.63, 3.8) is 0 Å². The molecular weight excluding hydrogens is 336 g/mol. The Hall–Kier alpha value is -1.51. The van der Waals surface area contributed by atoms with Crippen molar-refractivity contribution >= 4 is 38.3 Å². The van der Waals surface area contributed by atoms with Crippen molar-refractivity contribution in [1.29, 1.82) is 0 Å². The fourth-order valence-corrected chi connectivity index (χ4v) is 2.95. The smallest absolute Gasteiger partial charge is 0.135 e. The predicted molar refractivity (Wildman–Crippen MR) is 88.6 cm³/mol. The Bertz CT molecular complexity index is 778. The average molecular weight is 348 g/mol. The molecule has 20 heavy (non-hydrogen) atoms. The lowest BCUT2D eigenvalue weighted by Gasteiger charge is -2.11. The van der Waals surface area contributed by atoms with Gasteiger partial charge in [-0.25, -0.2) is 0 Å². The van der Waals surface area contributed by atoms with Gasteiger partial charge in [-0.3, -0.25) is 0 Å². The molecule has 0 atom stereocenters. The van der Waals surface area contributed by atoms with Crippen LogP contribution in [0.25, 0.3) is 21.9 Å². The van der Waals surface area contributed by atoms with Crippen LogP contribution in [0, 0.1) is 0 Å². The molecule has 0 saturated heterocycles. The van der Waals surface area contributed by atoms with E-state index in [0.29, 0.717) is 5.02 Å². The van der Waals surface area contributed by atoms with E-state index >= 15 is 0 Å². The number of halogens is 2. The van der Waals surface area contributed by atoms with Gasteiger partial charge in [0, 0.05) is 0 Å². The topological polar surface area (TPSA) is 9.23 Å². The van der Waals surface area contributed by atoms with E-state index in [0.717, 1.165) is 21.3 Å². The third-order valence-corrected chi connectivity index (χ3v) is 4.66. The molecule has 0 aliphatic heterocycles. The van der Waals surface area contributed by atoms with E-state index in [4.69, 9.17) is 16.3 Å². The van der Waals surface area contributed by atoms with Crippen molar-refractivity contribution < 1.29 is 4.74 Å². The second-order valence-corrected chi connectivity index (χ2v) is 5.70. The summed E-state index contributed by atoms with van der Waals surface area (Å²) in [5.74, 6) is 0.737. The Morgan fingerprint density at radius 2 is 1.75 bits per heavy atom. The summed E-state index contributed by atoms with van der Waals surface area (Å²) >= 11 is 9.71. The van der Waals surface area contributed by atoms with Crippen LogP contribution in [0.1, 0.15) is 0 Å². The normalized spacial score (nSPS) is 10.8. The van der Waals surface area contributed by atoms with Crippen LogP contribution in [-0.4, -0.2) is 7.11 Å². The number of ether oxygens (including phenoxy) is 1. The van der Waals surface area contributed by atoms with Crippen molar-refractivity contribution in [2.45, 2.75) is 0 Å². The third kappa shape index (κ3) is 2.30. The number of hydrogen-bond acceptors (Lipinski definition) is 1. The summed E-state index contributed by atoms with van der Waals surface area (Å²) in [4.78, 5) is 0. The van der Waals surface area contributed by atoms with Gasteiger partial charge < -0.3 is 4.74 Å². The summed E-state index contributed by atoms with van der Waals surface area (Å²) in [7, 11) is 1.64. The van der Waals surface area contributed by atoms with Gasteiger partial charge in [0.05, 0.1) is 16.6 Å². The van der Waals surface area contributed by atoms with Gasteiger partial charge in [-0.05, 0) is 50.0 Å². The number of hydrogen-bond donors (Lipinski definition) is 0. The molecule has 0 amide bonds. The van der Waals surface area contributed by atoms with E-state index < -0.39 is 0 Å². The molecule has 0 aliphatic carbocycles. The fourth-order valence-electron chi connectivity index (χ4n) is 2.35. The predicted octanol–water partition coefficient (Wildman–Crippen LogP) is 5.93. The summed E-state index contributed by atoms with van der Waals surface area (Å²) in [5.41, 5.74) is 2.20. The third-order valence-electron chi connectivity index (χ3n) is 3.32. The molecular formula is C17H12BrClO. The molecule has 0 spiro atoms. The lowest BCUT2D eigenvalue weighted by molar-refractivity contribution is 0.412. The van der Waals surface area contributed by atoms with Gasteiger partial charge in [-0.15, -0.1) is 0 Å². The largest absolute Gasteiger partial charge is 0.495 e. The maximum absolute atomic E-state index is 6.27. The van der Waals surface area contributed by atoms with Crippen molar-refractivity contribution in [1.82, 2.24) is 0 Å². The summed E-state index contributed by atoms with van der Waals surface area (Å²) in [6, 6.07) is 18.5. The van der Waals surface area contributed by atoms with Gasteiger partial charge in [-0.1, -0.05) is 54.1 Å². The van der Waals surface area contributed by atoms with E-state index in [2.05, 4.69) is 46.3 Å². The number of rotatable bonds is 2. The zero-order valence-corrected chi connectivity index (χ0v) is 13.2. The van der Waals surface area contributed by atoms with Crippen molar-refractivity contribution in [2.24, 2.45) is 0 Å². The second kappa shape index (κ2) is 5.47. The van der Waals surface area contributed by atoms with Gasteiger partial charge in [0.2, 0.25) is 0 Å². The quantitative estimate of drug-likeness (QED) is 0.558. The number of benzene rings is 3. The molecule has 0 unspecified atom stereocenters. The van der Waals surface area contributed by atoms with E-state index in [1.165, 1.54) is 10.8 Å². The molecule has 3 rings (SSSR count). The molecule has 0 fully saturated rings. The van der Waals surface area contributed by atoms with Crippen LogP contribution in [0.2, 0.25) is 5.02 Å². The summed E-state index contributed by atoms with van der Waals surface area (Å²) in [5, 5.41) is 3.06. The second-order valence-electron chi connectivity index (χ2n) is 4.50. The van der Waals surface area contributed by atoms with Crippen molar-refractivity contribution in [3.05, 3.63) is 64.1 Å². The average Bonchev–Trinajstić information content (AvgIpc) is 2.49. The zero-order chi connectivity index (χ0) is 14.1. The van der Waals surface area contributed by atoms with Crippen molar-refractivity contribution in [2.75, 3.05) is 7.11 Å². The molecule has 0 heterocycles. The standard InChI is InChI=1S/C17H12BrClO/c1-20-16-10-12(9-15(19)17(16)18)14-8-4-6-11-5-2-3-7-13(11)14/h2-10H,1H3. The molecule has 0 bridgehead atoms. The van der Waals surface area contributed by atoms with Crippen molar-refractivity contribution in [3.8, 4) is 16.9 Å². The fraction of sp³-hybridized carbons (Fsp3) is 0.0588. The molecule has 3 aromatic rings. The van der Waals surface area contributed by atoms with E-state index in [1.54, 1.807) is 7.11 Å². The van der Waals surface area contributed by atoms with Crippen LogP contribution in [0.3, 0.4) is 0 Å². The Morgan fingerprint density at radius 1 is 1.00 bits per heavy atom. The summed E-state index contributed by atoms with van der Waals surface area (Å²) < 4.78 is 6.15. The summed E-state index contributed by atoms with van der Waals surface area (Å²) in [6.45, 7) is 0. The Balaban J connectivity index is 2.28. The van der Waals surface area contributed by atoms with Crippen LogP contribution in [0.4, 0.5) is 0 Å². The highest BCUT2D eigenvalue weighted by atomic mass is 79.9. The summed E-state index contributed by atoms with van der Waals surface area (Å²) in [6.07, 6.45) is 0. The Labute approximate surface area is 131 Å². The molecule has 0 aromatic heterocycles. The lowest BCUT2D eigenvalue weighted by atomic mass is 9.98. The molecule has 0 radical (unpaired) electrons. The first-order chi connectivity index (χ1) is 9.70. The van der Waals surface area contributed by atoms with Crippen LogP contribution < -0.4 is 4.74 Å². The molecule has 0 aliphatic rings. The lowest BCUT2D eigenvalue weighted by Crippen LogP contribution is -1.88.